The Morgan fingerprint density at radius 3 is 2.16 bits per heavy atom. The Kier molecular flexibility index (Phi) is 5.63. The Morgan fingerprint density at radius 1 is 1.12 bits per heavy atom. The molecule has 2 aromatic rings. The monoisotopic (exact) mass is 366 g/mol. The maximum atomic E-state index is 13.1. The largest absolute Gasteiger partial charge is 0.497 e. The molecule has 0 fully saturated rings. The summed E-state index contributed by atoms with van der Waals surface area (Å²) < 4.78 is 43.4. The van der Waals surface area contributed by atoms with Crippen LogP contribution in [-0.4, -0.2) is 33.7 Å². The summed E-state index contributed by atoms with van der Waals surface area (Å²) in [5, 5.41) is 2.65. The molecule has 0 saturated heterocycles. The van der Waals surface area contributed by atoms with E-state index in [9.17, 15) is 17.6 Å². The van der Waals surface area contributed by atoms with Crippen molar-refractivity contribution in [3.63, 3.8) is 0 Å². The lowest BCUT2D eigenvalue weighted by Crippen LogP contribution is -2.45. The number of carbonyl (C=O) groups is 1. The second-order valence-corrected chi connectivity index (χ2v) is 7.29. The van der Waals surface area contributed by atoms with E-state index in [1.807, 2.05) is 0 Å². The number of carbonyl (C=O) groups excluding carboxylic acids is 1. The van der Waals surface area contributed by atoms with E-state index in [-0.39, 0.29) is 5.69 Å². The maximum absolute atomic E-state index is 13.1. The summed E-state index contributed by atoms with van der Waals surface area (Å²) in [5.41, 5.74) is 0.714. The highest BCUT2D eigenvalue weighted by atomic mass is 32.2. The highest BCUT2D eigenvalue weighted by Gasteiger charge is 2.29. The van der Waals surface area contributed by atoms with E-state index >= 15 is 0 Å². The number of hydrogen-bond donors (Lipinski definition) is 1. The molecule has 0 aliphatic carbocycles. The molecule has 1 atom stereocenters. The van der Waals surface area contributed by atoms with Crippen LogP contribution in [0.25, 0.3) is 0 Å². The molecule has 0 aliphatic rings. The molecule has 0 aliphatic heterocycles. The minimum atomic E-state index is -3.75. The first kappa shape index (κ1) is 18.7. The predicted octanol–water partition coefficient (Wildman–Crippen LogP) is 2.63. The van der Waals surface area contributed by atoms with E-state index in [0.717, 1.165) is 22.7 Å². The fourth-order valence-electron chi connectivity index (χ4n) is 2.32. The molecule has 2 aromatic carbocycles. The lowest BCUT2D eigenvalue weighted by Gasteiger charge is -2.28. The van der Waals surface area contributed by atoms with Crippen molar-refractivity contribution in [3.8, 4) is 5.75 Å². The summed E-state index contributed by atoms with van der Waals surface area (Å²) in [4.78, 5) is 12.5. The number of nitrogens with zero attached hydrogens (tertiary/aromatic N) is 1. The van der Waals surface area contributed by atoms with Crippen LogP contribution in [0, 0.1) is 5.82 Å². The summed E-state index contributed by atoms with van der Waals surface area (Å²) in [6.07, 6.45) is 0.994. The third-order valence-corrected chi connectivity index (χ3v) is 4.77. The summed E-state index contributed by atoms with van der Waals surface area (Å²) in [5.74, 6) is -0.373. The number of nitrogens with one attached hydrogen (secondary N) is 1. The van der Waals surface area contributed by atoms with Crippen molar-refractivity contribution in [2.75, 3.05) is 23.0 Å². The second kappa shape index (κ2) is 7.52. The zero-order valence-electron chi connectivity index (χ0n) is 14.1. The molecule has 134 valence electrons. The molecule has 1 amide bonds. The van der Waals surface area contributed by atoms with Crippen LogP contribution in [0.5, 0.6) is 5.75 Å². The minimum absolute atomic E-state index is 0.210. The van der Waals surface area contributed by atoms with Gasteiger partial charge in [0.2, 0.25) is 15.9 Å². The fourth-order valence-corrected chi connectivity index (χ4v) is 3.49. The molecule has 2 rings (SSSR count). The standard InChI is InChI=1S/C17H19FN2O4S/c1-12(17(21)19-14-6-10-16(24-2)11-7-14)20(25(3,22)23)15-8-4-13(18)5-9-15/h4-12H,1-3H3,(H,19,21). The number of anilines is 2. The fraction of sp³-hybridized carbons (Fsp3) is 0.235. The average molecular weight is 366 g/mol. The van der Waals surface area contributed by atoms with Crippen molar-refractivity contribution in [1.82, 2.24) is 0 Å². The quantitative estimate of drug-likeness (QED) is 0.853. The molecule has 8 heteroatoms. The minimum Gasteiger partial charge on any atom is -0.497 e. The van der Waals surface area contributed by atoms with Crippen molar-refractivity contribution in [1.29, 1.82) is 0 Å². The lowest BCUT2D eigenvalue weighted by atomic mass is 10.2. The molecular formula is C17H19FN2O4S. The SMILES string of the molecule is COc1ccc(NC(=O)C(C)N(c2ccc(F)cc2)S(C)(=O)=O)cc1. The van der Waals surface area contributed by atoms with Gasteiger partial charge in [-0.2, -0.15) is 0 Å². The van der Waals surface area contributed by atoms with Crippen molar-refractivity contribution in [2.45, 2.75) is 13.0 Å². The zero-order valence-corrected chi connectivity index (χ0v) is 14.9. The molecule has 0 saturated carbocycles. The highest BCUT2D eigenvalue weighted by Crippen LogP contribution is 2.22. The Labute approximate surface area is 146 Å². The van der Waals surface area contributed by atoms with Gasteiger partial charge in [-0.25, -0.2) is 12.8 Å². The van der Waals surface area contributed by atoms with Gasteiger partial charge in [0, 0.05) is 5.69 Å². The topological polar surface area (TPSA) is 75.7 Å². The molecule has 0 aromatic heterocycles. The summed E-state index contributed by atoms with van der Waals surface area (Å²) >= 11 is 0. The van der Waals surface area contributed by atoms with Crippen LogP contribution in [0.15, 0.2) is 48.5 Å². The number of rotatable bonds is 6. The van der Waals surface area contributed by atoms with Crippen molar-refractivity contribution in [2.24, 2.45) is 0 Å². The molecule has 0 spiro atoms. The van der Waals surface area contributed by atoms with Crippen LogP contribution < -0.4 is 14.4 Å². The van der Waals surface area contributed by atoms with Crippen LogP contribution >= 0.6 is 0 Å². The van der Waals surface area contributed by atoms with Gasteiger partial charge in [-0.15, -0.1) is 0 Å². The molecule has 25 heavy (non-hydrogen) atoms. The third kappa shape index (κ3) is 4.69. The number of methoxy groups -OCH3 is 1. The first-order valence-electron chi connectivity index (χ1n) is 7.42. The van der Waals surface area contributed by atoms with Gasteiger partial charge in [-0.1, -0.05) is 0 Å². The van der Waals surface area contributed by atoms with Crippen LogP contribution in [0.2, 0.25) is 0 Å². The van der Waals surface area contributed by atoms with Crippen molar-refractivity contribution < 1.29 is 22.3 Å². The zero-order chi connectivity index (χ0) is 18.6. The number of halogens is 1. The van der Waals surface area contributed by atoms with Gasteiger partial charge >= 0.3 is 0 Å². The van der Waals surface area contributed by atoms with E-state index in [0.29, 0.717) is 11.4 Å². The molecule has 1 N–H and O–H groups in total. The van der Waals surface area contributed by atoms with Crippen LogP contribution in [0.4, 0.5) is 15.8 Å². The van der Waals surface area contributed by atoms with Crippen LogP contribution in [0.3, 0.4) is 0 Å². The normalized spacial score (nSPS) is 12.3. The molecule has 0 radical (unpaired) electrons. The lowest BCUT2D eigenvalue weighted by molar-refractivity contribution is -0.116. The third-order valence-electron chi connectivity index (χ3n) is 3.53. The van der Waals surface area contributed by atoms with Gasteiger partial charge < -0.3 is 10.1 Å². The summed E-state index contributed by atoms with van der Waals surface area (Å²) in [6, 6.07) is 10.5. The first-order valence-corrected chi connectivity index (χ1v) is 9.27. The van der Waals surface area contributed by atoms with E-state index in [4.69, 9.17) is 4.74 Å². The number of sulfonamides is 1. The van der Waals surface area contributed by atoms with Crippen LogP contribution in [-0.2, 0) is 14.8 Å². The van der Waals surface area contributed by atoms with Gasteiger partial charge in [0.1, 0.15) is 17.6 Å². The Hall–Kier alpha value is -2.61. The van der Waals surface area contributed by atoms with E-state index in [1.165, 1.54) is 26.2 Å². The summed E-state index contributed by atoms with van der Waals surface area (Å²) in [7, 11) is -2.22. The van der Waals surface area contributed by atoms with Gasteiger partial charge in [0.05, 0.1) is 19.1 Å². The van der Waals surface area contributed by atoms with E-state index < -0.39 is 27.8 Å². The van der Waals surface area contributed by atoms with Gasteiger partial charge in [0.15, 0.2) is 0 Å². The van der Waals surface area contributed by atoms with Crippen molar-refractivity contribution >= 4 is 27.3 Å². The Morgan fingerprint density at radius 2 is 1.68 bits per heavy atom. The number of amides is 1. The first-order chi connectivity index (χ1) is 11.7. The second-order valence-electron chi connectivity index (χ2n) is 5.43. The van der Waals surface area contributed by atoms with Gasteiger partial charge in [-0.05, 0) is 55.5 Å². The number of ether oxygens (including phenoxy) is 1. The molecule has 6 nitrogen and oxygen atoms in total. The molecule has 1 unspecified atom stereocenters. The van der Waals surface area contributed by atoms with Crippen molar-refractivity contribution in [3.05, 3.63) is 54.3 Å². The molecular weight excluding hydrogens is 347 g/mol. The smallest absolute Gasteiger partial charge is 0.247 e. The molecule has 0 heterocycles. The average Bonchev–Trinajstić information content (AvgIpc) is 2.56. The Balaban J connectivity index is 2.24. The number of benzene rings is 2. The number of hydrogen-bond acceptors (Lipinski definition) is 4. The summed E-state index contributed by atoms with van der Waals surface area (Å²) in [6.45, 7) is 1.46. The van der Waals surface area contributed by atoms with E-state index in [2.05, 4.69) is 5.32 Å². The van der Waals surface area contributed by atoms with Gasteiger partial charge in [0.25, 0.3) is 0 Å². The Bertz CT molecular complexity index is 836. The van der Waals surface area contributed by atoms with Gasteiger partial charge in [-0.3, -0.25) is 9.10 Å². The maximum Gasteiger partial charge on any atom is 0.247 e. The predicted molar refractivity (Wildman–Crippen MR) is 94.8 cm³/mol. The van der Waals surface area contributed by atoms with E-state index in [1.54, 1.807) is 24.3 Å². The molecule has 0 bridgehead atoms. The highest BCUT2D eigenvalue weighted by molar-refractivity contribution is 7.92. The van der Waals surface area contributed by atoms with Crippen LogP contribution in [0.1, 0.15) is 6.92 Å².